The zero-order valence-electron chi connectivity index (χ0n) is 14.0. The smallest absolute Gasteiger partial charge is 0.117 e. The van der Waals surface area contributed by atoms with Crippen molar-refractivity contribution < 1.29 is 14.6 Å². The molecule has 1 aliphatic rings. The molecule has 22 heavy (non-hydrogen) atoms. The summed E-state index contributed by atoms with van der Waals surface area (Å²) in [5, 5.41) is 9.76. The maximum Gasteiger partial charge on any atom is 0.117 e. The topological polar surface area (TPSA) is 41.9 Å². The largest absolute Gasteiger partial charge is 0.508 e. The number of anilines is 1. The number of rotatable bonds is 7. The molecule has 0 saturated carbocycles. The molecule has 0 bridgehead atoms. The van der Waals surface area contributed by atoms with Crippen molar-refractivity contribution in [2.24, 2.45) is 11.8 Å². The zero-order chi connectivity index (χ0) is 15.9. The first-order valence-electron chi connectivity index (χ1n) is 8.26. The molecule has 0 spiro atoms. The second-order valence-electron chi connectivity index (χ2n) is 6.30. The van der Waals surface area contributed by atoms with Crippen LogP contribution in [0.25, 0.3) is 0 Å². The van der Waals surface area contributed by atoms with Gasteiger partial charge in [0.05, 0.1) is 13.2 Å². The van der Waals surface area contributed by atoms with Crippen LogP contribution in [0.5, 0.6) is 5.75 Å². The molecule has 1 aliphatic heterocycles. The van der Waals surface area contributed by atoms with Gasteiger partial charge in [0.2, 0.25) is 0 Å². The van der Waals surface area contributed by atoms with Crippen molar-refractivity contribution in [3.8, 4) is 5.75 Å². The monoisotopic (exact) mass is 307 g/mol. The van der Waals surface area contributed by atoms with Gasteiger partial charge in [0.25, 0.3) is 0 Å². The van der Waals surface area contributed by atoms with E-state index in [0.717, 1.165) is 31.2 Å². The van der Waals surface area contributed by atoms with Crippen LogP contribution in [0, 0.1) is 11.8 Å². The third kappa shape index (κ3) is 4.37. The molecule has 4 heteroatoms. The average molecular weight is 307 g/mol. The maximum absolute atomic E-state index is 9.76. The van der Waals surface area contributed by atoms with Gasteiger partial charge in [-0.3, -0.25) is 0 Å². The molecule has 1 aromatic carbocycles. The van der Waals surface area contributed by atoms with Crippen LogP contribution >= 0.6 is 0 Å². The van der Waals surface area contributed by atoms with Crippen molar-refractivity contribution in [2.45, 2.75) is 32.7 Å². The number of ether oxygens (including phenoxy) is 2. The molecule has 1 fully saturated rings. The van der Waals surface area contributed by atoms with Crippen LogP contribution in [-0.2, 0) is 9.47 Å². The van der Waals surface area contributed by atoms with Crippen molar-refractivity contribution in [3.05, 3.63) is 24.3 Å². The highest BCUT2D eigenvalue weighted by Gasteiger charge is 2.32. The molecule has 1 aromatic rings. The zero-order valence-corrected chi connectivity index (χ0v) is 14.0. The summed E-state index contributed by atoms with van der Waals surface area (Å²) in [6.45, 7) is 7.76. The number of phenols is 1. The van der Waals surface area contributed by atoms with E-state index in [1.165, 1.54) is 6.42 Å². The highest BCUT2D eigenvalue weighted by atomic mass is 16.5. The quantitative estimate of drug-likeness (QED) is 0.785. The SMILES string of the molecule is COCCOCCC1C(C)C(C)CCN1c1cccc(O)c1. The van der Waals surface area contributed by atoms with Gasteiger partial charge in [0.15, 0.2) is 0 Å². The van der Waals surface area contributed by atoms with Crippen molar-refractivity contribution >= 4 is 5.69 Å². The number of piperidine rings is 1. The number of benzene rings is 1. The molecule has 3 unspecified atom stereocenters. The molecular weight excluding hydrogens is 278 g/mol. The molecular formula is C18H29NO3. The third-order valence-corrected chi connectivity index (χ3v) is 4.88. The lowest BCUT2D eigenvalue weighted by Crippen LogP contribution is -2.48. The Kier molecular flexibility index (Phi) is 6.52. The third-order valence-electron chi connectivity index (χ3n) is 4.88. The number of methoxy groups -OCH3 is 1. The lowest BCUT2D eigenvalue weighted by molar-refractivity contribution is 0.0616. The molecule has 1 heterocycles. The van der Waals surface area contributed by atoms with E-state index >= 15 is 0 Å². The summed E-state index contributed by atoms with van der Waals surface area (Å²) < 4.78 is 10.7. The lowest BCUT2D eigenvalue weighted by atomic mass is 9.80. The minimum absolute atomic E-state index is 0.332. The average Bonchev–Trinajstić information content (AvgIpc) is 2.51. The van der Waals surface area contributed by atoms with Crippen molar-refractivity contribution in [3.63, 3.8) is 0 Å². The van der Waals surface area contributed by atoms with Crippen LogP contribution < -0.4 is 4.90 Å². The molecule has 0 radical (unpaired) electrons. The van der Waals surface area contributed by atoms with Crippen molar-refractivity contribution in [2.75, 3.05) is 38.4 Å². The van der Waals surface area contributed by atoms with Gasteiger partial charge in [0.1, 0.15) is 5.75 Å². The molecule has 124 valence electrons. The maximum atomic E-state index is 9.76. The van der Waals surface area contributed by atoms with Gasteiger partial charge in [-0.25, -0.2) is 0 Å². The van der Waals surface area contributed by atoms with Crippen LogP contribution in [0.2, 0.25) is 0 Å². The van der Waals surface area contributed by atoms with Crippen molar-refractivity contribution in [1.29, 1.82) is 0 Å². The fraction of sp³-hybridized carbons (Fsp3) is 0.667. The fourth-order valence-electron chi connectivity index (χ4n) is 3.29. The Morgan fingerprint density at radius 2 is 2.05 bits per heavy atom. The van der Waals surface area contributed by atoms with Crippen LogP contribution in [0.4, 0.5) is 5.69 Å². The first-order chi connectivity index (χ1) is 10.6. The van der Waals surface area contributed by atoms with Crippen molar-refractivity contribution in [1.82, 2.24) is 0 Å². The van der Waals surface area contributed by atoms with Gasteiger partial charge < -0.3 is 19.5 Å². The number of phenolic OH excluding ortho intramolecular Hbond substituents is 1. The summed E-state index contributed by atoms with van der Waals surface area (Å²) in [5.41, 5.74) is 1.11. The van der Waals surface area contributed by atoms with E-state index in [2.05, 4.69) is 24.8 Å². The Morgan fingerprint density at radius 3 is 2.77 bits per heavy atom. The summed E-state index contributed by atoms with van der Waals surface area (Å²) in [4.78, 5) is 2.43. The highest BCUT2D eigenvalue weighted by Crippen LogP contribution is 2.34. The number of aromatic hydroxyl groups is 1. The van der Waals surface area contributed by atoms with Gasteiger partial charge in [0, 0.05) is 38.1 Å². The minimum Gasteiger partial charge on any atom is -0.508 e. The fourth-order valence-corrected chi connectivity index (χ4v) is 3.29. The highest BCUT2D eigenvalue weighted by molar-refractivity contribution is 5.51. The van der Waals surface area contributed by atoms with Gasteiger partial charge in [-0.15, -0.1) is 0 Å². The molecule has 0 aromatic heterocycles. The van der Waals surface area contributed by atoms with E-state index in [-0.39, 0.29) is 0 Å². The standard InChI is InChI=1S/C18H29NO3/c1-14-7-9-19(16-5-4-6-17(20)13-16)18(15(14)2)8-10-22-12-11-21-3/h4-6,13-15,18,20H,7-12H2,1-3H3. The van der Waals surface area contributed by atoms with Gasteiger partial charge in [-0.2, -0.15) is 0 Å². The molecule has 0 amide bonds. The summed E-state index contributed by atoms with van der Waals surface area (Å²) in [6.07, 6.45) is 2.20. The summed E-state index contributed by atoms with van der Waals surface area (Å²) in [5.74, 6) is 1.67. The van der Waals surface area contributed by atoms with Crippen LogP contribution in [0.3, 0.4) is 0 Å². The van der Waals surface area contributed by atoms with Gasteiger partial charge in [-0.05, 0) is 36.8 Å². The first kappa shape index (κ1) is 17.1. The van der Waals surface area contributed by atoms with Gasteiger partial charge in [-0.1, -0.05) is 19.9 Å². The second kappa shape index (κ2) is 8.39. The predicted octanol–water partition coefficient (Wildman–Crippen LogP) is 3.30. The summed E-state index contributed by atoms with van der Waals surface area (Å²) in [7, 11) is 1.69. The van der Waals surface area contributed by atoms with Crippen LogP contribution in [-0.4, -0.2) is 44.6 Å². The van der Waals surface area contributed by atoms with E-state index < -0.39 is 0 Å². The molecule has 1 saturated heterocycles. The Morgan fingerprint density at radius 1 is 1.23 bits per heavy atom. The summed E-state index contributed by atoms with van der Waals surface area (Å²) in [6, 6.07) is 8.04. The summed E-state index contributed by atoms with van der Waals surface area (Å²) >= 11 is 0. The normalized spacial score (nSPS) is 25.4. The van der Waals surface area contributed by atoms with Crippen LogP contribution in [0.1, 0.15) is 26.7 Å². The van der Waals surface area contributed by atoms with E-state index in [9.17, 15) is 5.11 Å². The number of hydrogen-bond acceptors (Lipinski definition) is 4. The van der Waals surface area contributed by atoms with Gasteiger partial charge >= 0.3 is 0 Å². The molecule has 2 rings (SSSR count). The van der Waals surface area contributed by atoms with E-state index in [0.29, 0.717) is 30.9 Å². The Balaban J connectivity index is 2.02. The second-order valence-corrected chi connectivity index (χ2v) is 6.30. The number of hydrogen-bond donors (Lipinski definition) is 1. The Labute approximate surface area is 134 Å². The first-order valence-corrected chi connectivity index (χ1v) is 8.26. The van der Waals surface area contributed by atoms with E-state index in [4.69, 9.17) is 9.47 Å². The minimum atomic E-state index is 0.332. The van der Waals surface area contributed by atoms with Crippen LogP contribution in [0.15, 0.2) is 24.3 Å². The molecule has 0 aliphatic carbocycles. The van der Waals surface area contributed by atoms with E-state index in [1.807, 2.05) is 12.1 Å². The lowest BCUT2D eigenvalue weighted by Gasteiger charge is -2.45. The number of nitrogens with zero attached hydrogens (tertiary/aromatic N) is 1. The molecule has 4 nitrogen and oxygen atoms in total. The predicted molar refractivity (Wildman–Crippen MR) is 89.5 cm³/mol. The Hall–Kier alpha value is -1.26. The molecule has 1 N–H and O–H groups in total. The molecule has 3 atom stereocenters. The Bertz CT molecular complexity index is 452. The van der Waals surface area contributed by atoms with E-state index in [1.54, 1.807) is 13.2 Å².